The molecular formula is C12H20N2O4S. The summed E-state index contributed by atoms with van der Waals surface area (Å²) in [5.41, 5.74) is -0.991. The second-order valence-corrected chi connectivity index (χ2v) is 7.16. The molecule has 2 heterocycles. The maximum atomic E-state index is 12.3. The Balaban J connectivity index is 2.12. The van der Waals surface area contributed by atoms with E-state index in [1.54, 1.807) is 30.1 Å². The molecule has 6 nitrogen and oxygen atoms in total. The fourth-order valence-corrected chi connectivity index (χ4v) is 3.52. The zero-order valence-electron chi connectivity index (χ0n) is 11.2. The number of sulfonamides is 1. The molecule has 0 saturated carbocycles. The van der Waals surface area contributed by atoms with E-state index in [2.05, 4.69) is 0 Å². The predicted octanol–water partition coefficient (Wildman–Crippen LogP) is 0.187. The summed E-state index contributed by atoms with van der Waals surface area (Å²) in [6.45, 7) is 1.03. The zero-order valence-corrected chi connectivity index (χ0v) is 12.1. The minimum Gasteiger partial charge on any atom is -0.388 e. The maximum absolute atomic E-state index is 12.3. The number of ether oxygens (including phenoxy) is 1. The van der Waals surface area contributed by atoms with Crippen LogP contribution in [-0.2, 0) is 21.8 Å². The van der Waals surface area contributed by atoms with Crippen molar-refractivity contribution < 1.29 is 18.3 Å². The van der Waals surface area contributed by atoms with E-state index in [-0.39, 0.29) is 11.4 Å². The van der Waals surface area contributed by atoms with Gasteiger partial charge in [0.1, 0.15) is 0 Å². The van der Waals surface area contributed by atoms with Crippen LogP contribution in [0, 0.1) is 0 Å². The van der Waals surface area contributed by atoms with E-state index >= 15 is 0 Å². The van der Waals surface area contributed by atoms with E-state index in [1.807, 2.05) is 0 Å². The Hall–Kier alpha value is -0.890. The van der Waals surface area contributed by atoms with Crippen LogP contribution in [0.1, 0.15) is 12.8 Å². The molecule has 1 saturated heterocycles. The molecule has 1 fully saturated rings. The highest BCUT2D eigenvalue weighted by Crippen LogP contribution is 2.24. The first-order valence-electron chi connectivity index (χ1n) is 6.22. The number of likely N-dealkylation sites (N-methyl/N-ethyl adjacent to an activating group) is 1. The molecule has 1 aliphatic heterocycles. The van der Waals surface area contributed by atoms with Crippen molar-refractivity contribution >= 4 is 10.0 Å². The third-order valence-corrected chi connectivity index (χ3v) is 5.24. The van der Waals surface area contributed by atoms with Crippen molar-refractivity contribution in [3.63, 3.8) is 0 Å². The molecule has 0 atom stereocenters. The maximum Gasteiger partial charge on any atom is 0.244 e. The summed E-state index contributed by atoms with van der Waals surface area (Å²) in [6.07, 6.45) is 4.16. The molecule has 0 amide bonds. The number of hydrogen-bond acceptors (Lipinski definition) is 4. The largest absolute Gasteiger partial charge is 0.388 e. The van der Waals surface area contributed by atoms with E-state index in [0.717, 1.165) is 0 Å². The van der Waals surface area contributed by atoms with Crippen LogP contribution < -0.4 is 0 Å². The number of rotatable bonds is 4. The molecule has 108 valence electrons. The summed E-state index contributed by atoms with van der Waals surface area (Å²) in [6, 6.07) is 1.56. The third-order valence-electron chi connectivity index (χ3n) is 3.45. The van der Waals surface area contributed by atoms with E-state index in [4.69, 9.17) is 4.74 Å². The molecule has 0 bridgehead atoms. The van der Waals surface area contributed by atoms with Crippen molar-refractivity contribution in [1.82, 2.24) is 8.87 Å². The molecular weight excluding hydrogens is 268 g/mol. The smallest absolute Gasteiger partial charge is 0.244 e. The summed E-state index contributed by atoms with van der Waals surface area (Å²) in [4.78, 5) is 0.244. The zero-order chi connectivity index (χ0) is 14.1. The Morgan fingerprint density at radius 1 is 1.47 bits per heavy atom. The molecule has 0 spiro atoms. The number of aromatic nitrogens is 1. The first-order valence-corrected chi connectivity index (χ1v) is 7.66. The second kappa shape index (κ2) is 5.24. The quantitative estimate of drug-likeness (QED) is 0.858. The van der Waals surface area contributed by atoms with Gasteiger partial charge in [0.2, 0.25) is 10.0 Å². The molecule has 1 aromatic heterocycles. The summed E-state index contributed by atoms with van der Waals surface area (Å²) in [7, 11) is -0.279. The van der Waals surface area contributed by atoms with Crippen LogP contribution in [0.25, 0.3) is 0 Å². The van der Waals surface area contributed by atoms with Crippen LogP contribution >= 0.6 is 0 Å². The average molecular weight is 288 g/mol. The third kappa shape index (κ3) is 3.17. The van der Waals surface area contributed by atoms with Gasteiger partial charge in [-0.1, -0.05) is 0 Å². The summed E-state index contributed by atoms with van der Waals surface area (Å²) < 4.78 is 32.8. The number of aliphatic hydroxyl groups is 1. The van der Waals surface area contributed by atoms with Crippen molar-refractivity contribution in [3.8, 4) is 0 Å². The SMILES string of the molecule is CN(CC1(O)CCOCC1)S(=O)(=O)c1ccn(C)c1. The van der Waals surface area contributed by atoms with Gasteiger partial charge < -0.3 is 14.4 Å². The number of aryl methyl sites for hydroxylation is 1. The van der Waals surface area contributed by atoms with Gasteiger partial charge in [0.25, 0.3) is 0 Å². The molecule has 0 unspecified atom stereocenters. The lowest BCUT2D eigenvalue weighted by Crippen LogP contribution is -2.47. The highest BCUT2D eigenvalue weighted by atomic mass is 32.2. The second-order valence-electron chi connectivity index (χ2n) is 5.11. The van der Waals surface area contributed by atoms with Gasteiger partial charge in [-0.2, -0.15) is 4.31 Å². The van der Waals surface area contributed by atoms with Crippen LogP contribution in [-0.4, -0.2) is 54.8 Å². The highest BCUT2D eigenvalue weighted by Gasteiger charge is 2.35. The van der Waals surface area contributed by atoms with Crippen molar-refractivity contribution in [2.45, 2.75) is 23.3 Å². The molecule has 0 aliphatic carbocycles. The minimum absolute atomic E-state index is 0.0909. The Labute approximate surface area is 113 Å². The van der Waals surface area contributed by atoms with Crippen molar-refractivity contribution in [3.05, 3.63) is 18.5 Å². The van der Waals surface area contributed by atoms with Gasteiger partial charge in [-0.3, -0.25) is 0 Å². The van der Waals surface area contributed by atoms with E-state index in [0.29, 0.717) is 26.1 Å². The van der Waals surface area contributed by atoms with Gasteiger partial charge in [-0.15, -0.1) is 0 Å². The molecule has 0 radical (unpaired) electrons. The van der Waals surface area contributed by atoms with Crippen molar-refractivity contribution in [2.24, 2.45) is 7.05 Å². The fraction of sp³-hybridized carbons (Fsp3) is 0.667. The average Bonchev–Trinajstić information content (AvgIpc) is 2.77. The Bertz CT molecular complexity index is 532. The van der Waals surface area contributed by atoms with Gasteiger partial charge in [0.15, 0.2) is 0 Å². The monoisotopic (exact) mass is 288 g/mol. The van der Waals surface area contributed by atoms with Crippen LogP contribution in [0.4, 0.5) is 0 Å². The standard InChI is InChI=1S/C12H20N2O4S/c1-13-6-3-11(9-13)19(16,17)14(2)10-12(15)4-7-18-8-5-12/h3,6,9,15H,4-5,7-8,10H2,1-2H3. The molecule has 1 aliphatic rings. The van der Waals surface area contributed by atoms with Gasteiger partial charge in [0.05, 0.1) is 10.5 Å². The number of nitrogens with zero attached hydrogens (tertiary/aromatic N) is 2. The highest BCUT2D eigenvalue weighted by molar-refractivity contribution is 7.89. The lowest BCUT2D eigenvalue weighted by atomic mass is 9.95. The van der Waals surface area contributed by atoms with E-state index in [1.165, 1.54) is 11.4 Å². The lowest BCUT2D eigenvalue weighted by Gasteiger charge is -2.34. The lowest BCUT2D eigenvalue weighted by molar-refractivity contribution is -0.0689. The summed E-state index contributed by atoms with van der Waals surface area (Å²) in [5.74, 6) is 0. The van der Waals surface area contributed by atoms with Crippen LogP contribution in [0.3, 0.4) is 0 Å². The van der Waals surface area contributed by atoms with Crippen LogP contribution in [0.5, 0.6) is 0 Å². The number of hydrogen-bond donors (Lipinski definition) is 1. The van der Waals surface area contributed by atoms with Crippen molar-refractivity contribution in [1.29, 1.82) is 0 Å². The van der Waals surface area contributed by atoms with Gasteiger partial charge in [-0.05, 0) is 6.07 Å². The Kier molecular flexibility index (Phi) is 4.00. The van der Waals surface area contributed by atoms with Crippen LogP contribution in [0.2, 0.25) is 0 Å². The molecule has 19 heavy (non-hydrogen) atoms. The Morgan fingerprint density at radius 3 is 2.63 bits per heavy atom. The molecule has 2 rings (SSSR count). The van der Waals surface area contributed by atoms with Gasteiger partial charge in [-0.25, -0.2) is 8.42 Å². The predicted molar refractivity (Wildman–Crippen MR) is 70.2 cm³/mol. The van der Waals surface area contributed by atoms with E-state index in [9.17, 15) is 13.5 Å². The molecule has 7 heteroatoms. The fourth-order valence-electron chi connectivity index (χ4n) is 2.22. The van der Waals surface area contributed by atoms with Gasteiger partial charge >= 0.3 is 0 Å². The van der Waals surface area contributed by atoms with Crippen molar-refractivity contribution in [2.75, 3.05) is 26.8 Å². The summed E-state index contributed by atoms with van der Waals surface area (Å²) in [5, 5.41) is 10.4. The summed E-state index contributed by atoms with van der Waals surface area (Å²) >= 11 is 0. The molecule has 0 aromatic carbocycles. The van der Waals surface area contributed by atoms with Gasteiger partial charge in [0, 0.05) is 59.1 Å². The molecule has 1 N–H and O–H groups in total. The van der Waals surface area contributed by atoms with Crippen LogP contribution in [0.15, 0.2) is 23.4 Å². The molecule has 1 aromatic rings. The first-order chi connectivity index (χ1) is 8.83. The first kappa shape index (κ1) is 14.5. The Morgan fingerprint density at radius 2 is 2.11 bits per heavy atom. The van der Waals surface area contributed by atoms with E-state index < -0.39 is 15.6 Å². The topological polar surface area (TPSA) is 71.8 Å². The normalized spacial score (nSPS) is 19.8. The minimum atomic E-state index is -3.54.